The average Bonchev–Trinajstić information content (AvgIpc) is 2.85. The van der Waals surface area contributed by atoms with Crippen molar-refractivity contribution in [2.75, 3.05) is 14.2 Å². The predicted octanol–water partition coefficient (Wildman–Crippen LogP) is 2.96. The number of aromatic nitrogens is 2. The van der Waals surface area contributed by atoms with Crippen molar-refractivity contribution < 1.29 is 14.6 Å². The highest BCUT2D eigenvalue weighted by Crippen LogP contribution is 2.37. The fourth-order valence-corrected chi connectivity index (χ4v) is 2.48. The van der Waals surface area contributed by atoms with Gasteiger partial charge in [-0.1, -0.05) is 6.07 Å². The van der Waals surface area contributed by atoms with E-state index in [0.29, 0.717) is 17.2 Å². The number of hydrogen-bond acceptors (Lipinski definition) is 4. The minimum Gasteiger partial charge on any atom is -0.507 e. The van der Waals surface area contributed by atoms with Crippen LogP contribution in [0.2, 0.25) is 0 Å². The highest BCUT2D eigenvalue weighted by Gasteiger charge is 2.15. The molecule has 5 heteroatoms. The second-order valence-corrected chi connectivity index (χ2v) is 4.71. The van der Waals surface area contributed by atoms with Crippen LogP contribution in [0.15, 0.2) is 36.4 Å². The van der Waals surface area contributed by atoms with Crippen LogP contribution in [0.5, 0.6) is 17.2 Å². The first-order valence-electron chi connectivity index (χ1n) is 6.52. The van der Waals surface area contributed by atoms with Gasteiger partial charge >= 0.3 is 0 Å². The Hall–Kier alpha value is -2.69. The van der Waals surface area contributed by atoms with Gasteiger partial charge in [0.1, 0.15) is 11.4 Å². The molecule has 0 fully saturated rings. The summed E-state index contributed by atoms with van der Waals surface area (Å²) in [5.74, 6) is 1.50. The summed E-state index contributed by atoms with van der Waals surface area (Å²) in [4.78, 5) is 0. The number of ether oxygens (including phenoxy) is 2. The molecule has 2 aromatic carbocycles. The second kappa shape index (κ2) is 5.01. The molecule has 21 heavy (non-hydrogen) atoms. The van der Waals surface area contributed by atoms with E-state index in [9.17, 15) is 5.11 Å². The fraction of sp³-hybridized carbons (Fsp3) is 0.188. The molecule has 0 aliphatic heterocycles. The smallest absolute Gasteiger partial charge is 0.161 e. The molecule has 1 N–H and O–H groups in total. The first-order chi connectivity index (χ1) is 10.2. The Morgan fingerprint density at radius 1 is 1.05 bits per heavy atom. The maximum absolute atomic E-state index is 10.1. The maximum Gasteiger partial charge on any atom is 0.161 e. The molecule has 3 aromatic rings. The number of aryl methyl sites for hydroxylation is 1. The number of nitrogens with zero attached hydrogens (tertiary/aromatic N) is 2. The predicted molar refractivity (Wildman–Crippen MR) is 80.9 cm³/mol. The number of aromatic hydroxyl groups is 1. The average molecular weight is 284 g/mol. The second-order valence-electron chi connectivity index (χ2n) is 4.71. The van der Waals surface area contributed by atoms with E-state index >= 15 is 0 Å². The fourth-order valence-electron chi connectivity index (χ4n) is 2.48. The maximum atomic E-state index is 10.1. The van der Waals surface area contributed by atoms with Gasteiger partial charge in [0.05, 0.1) is 25.1 Å². The quantitative estimate of drug-likeness (QED) is 0.803. The van der Waals surface area contributed by atoms with E-state index in [1.165, 1.54) is 0 Å². The molecule has 5 nitrogen and oxygen atoms in total. The monoisotopic (exact) mass is 284 g/mol. The van der Waals surface area contributed by atoms with Crippen LogP contribution in [0.4, 0.5) is 0 Å². The zero-order valence-electron chi connectivity index (χ0n) is 12.1. The summed E-state index contributed by atoms with van der Waals surface area (Å²) in [5, 5.41) is 15.4. The number of phenols is 1. The summed E-state index contributed by atoms with van der Waals surface area (Å²) in [6.45, 7) is 0. The van der Waals surface area contributed by atoms with Crippen LogP contribution in [0.3, 0.4) is 0 Å². The Kier molecular flexibility index (Phi) is 3.17. The molecule has 0 aliphatic carbocycles. The molecule has 0 amide bonds. The summed E-state index contributed by atoms with van der Waals surface area (Å²) >= 11 is 0. The third kappa shape index (κ3) is 2.07. The van der Waals surface area contributed by atoms with Gasteiger partial charge in [-0.2, -0.15) is 5.10 Å². The number of hydrogen-bond donors (Lipinski definition) is 1. The van der Waals surface area contributed by atoms with Crippen molar-refractivity contribution in [3.05, 3.63) is 36.4 Å². The molecule has 0 bridgehead atoms. The van der Waals surface area contributed by atoms with Gasteiger partial charge in [0.25, 0.3) is 0 Å². The van der Waals surface area contributed by atoms with Crippen molar-refractivity contribution in [2.45, 2.75) is 0 Å². The molecule has 0 saturated heterocycles. The topological polar surface area (TPSA) is 56.5 Å². The van der Waals surface area contributed by atoms with E-state index in [1.807, 2.05) is 31.3 Å². The Morgan fingerprint density at radius 3 is 2.52 bits per heavy atom. The van der Waals surface area contributed by atoms with Crippen LogP contribution < -0.4 is 9.47 Å². The molecule has 1 heterocycles. The van der Waals surface area contributed by atoms with Gasteiger partial charge in [0, 0.05) is 12.6 Å². The summed E-state index contributed by atoms with van der Waals surface area (Å²) in [7, 11) is 5.04. The third-order valence-electron chi connectivity index (χ3n) is 3.51. The Labute approximate surface area is 122 Å². The number of rotatable bonds is 3. The lowest BCUT2D eigenvalue weighted by Crippen LogP contribution is -1.92. The zero-order valence-corrected chi connectivity index (χ0v) is 12.1. The van der Waals surface area contributed by atoms with Gasteiger partial charge in [-0.3, -0.25) is 4.68 Å². The zero-order chi connectivity index (χ0) is 15.0. The Morgan fingerprint density at radius 2 is 1.81 bits per heavy atom. The van der Waals surface area contributed by atoms with Gasteiger partial charge in [-0.05, 0) is 30.3 Å². The lowest BCUT2D eigenvalue weighted by atomic mass is 10.1. The first kappa shape index (κ1) is 13.3. The molecule has 0 unspecified atom stereocenters. The molecule has 0 radical (unpaired) electrons. The SMILES string of the molecule is COc1ccc(-c2nn(C)c3cccc(O)c23)cc1OC. The van der Waals surface area contributed by atoms with Crippen molar-refractivity contribution in [3.63, 3.8) is 0 Å². The molecule has 108 valence electrons. The van der Waals surface area contributed by atoms with E-state index < -0.39 is 0 Å². The van der Waals surface area contributed by atoms with Gasteiger partial charge < -0.3 is 14.6 Å². The van der Waals surface area contributed by atoms with E-state index in [4.69, 9.17) is 9.47 Å². The summed E-state index contributed by atoms with van der Waals surface area (Å²) in [5.41, 5.74) is 2.45. The highest BCUT2D eigenvalue weighted by atomic mass is 16.5. The molecule has 3 rings (SSSR count). The van der Waals surface area contributed by atoms with Crippen molar-refractivity contribution >= 4 is 10.9 Å². The number of methoxy groups -OCH3 is 2. The molecule has 0 spiro atoms. The molecule has 0 atom stereocenters. The summed E-state index contributed by atoms with van der Waals surface area (Å²) in [6, 6.07) is 11.0. The molecular formula is C16H16N2O3. The molecule has 1 aromatic heterocycles. The van der Waals surface area contributed by atoms with Crippen molar-refractivity contribution in [1.29, 1.82) is 0 Å². The number of benzene rings is 2. The molecule has 0 aliphatic rings. The van der Waals surface area contributed by atoms with E-state index in [1.54, 1.807) is 31.0 Å². The number of fused-ring (bicyclic) bond motifs is 1. The van der Waals surface area contributed by atoms with Gasteiger partial charge in [0.15, 0.2) is 11.5 Å². The largest absolute Gasteiger partial charge is 0.507 e. The standard InChI is InChI=1S/C16H16N2O3/c1-18-11-5-4-6-12(19)15(11)16(17-18)10-7-8-13(20-2)14(9-10)21-3/h4-9,19H,1-3H3. The van der Waals surface area contributed by atoms with E-state index in [2.05, 4.69) is 5.10 Å². The van der Waals surface area contributed by atoms with Crippen molar-refractivity contribution in [2.24, 2.45) is 7.05 Å². The third-order valence-corrected chi connectivity index (χ3v) is 3.51. The van der Waals surface area contributed by atoms with Crippen LogP contribution >= 0.6 is 0 Å². The van der Waals surface area contributed by atoms with Crippen molar-refractivity contribution in [1.82, 2.24) is 9.78 Å². The van der Waals surface area contributed by atoms with Gasteiger partial charge in [0.2, 0.25) is 0 Å². The van der Waals surface area contributed by atoms with Gasteiger partial charge in [-0.15, -0.1) is 0 Å². The lowest BCUT2D eigenvalue weighted by Gasteiger charge is -2.08. The van der Waals surface area contributed by atoms with E-state index in [0.717, 1.165) is 16.5 Å². The van der Waals surface area contributed by atoms with Gasteiger partial charge in [-0.25, -0.2) is 0 Å². The summed E-state index contributed by atoms with van der Waals surface area (Å²) in [6.07, 6.45) is 0. The van der Waals surface area contributed by atoms with Crippen LogP contribution in [-0.4, -0.2) is 29.1 Å². The first-order valence-corrected chi connectivity index (χ1v) is 6.52. The van der Waals surface area contributed by atoms with Crippen LogP contribution in [0.25, 0.3) is 22.2 Å². The minimum atomic E-state index is 0.213. The Bertz CT molecular complexity index is 809. The minimum absolute atomic E-state index is 0.213. The number of phenolic OH excluding ortho intramolecular Hbond substituents is 1. The summed E-state index contributed by atoms with van der Waals surface area (Å²) < 4.78 is 12.3. The molecular weight excluding hydrogens is 268 g/mol. The van der Waals surface area contributed by atoms with Crippen LogP contribution in [0.1, 0.15) is 0 Å². The normalized spacial score (nSPS) is 10.8. The van der Waals surface area contributed by atoms with Crippen LogP contribution in [0, 0.1) is 0 Å². The lowest BCUT2D eigenvalue weighted by molar-refractivity contribution is 0.355. The van der Waals surface area contributed by atoms with E-state index in [-0.39, 0.29) is 5.75 Å². The highest BCUT2D eigenvalue weighted by molar-refractivity contribution is 5.98. The van der Waals surface area contributed by atoms with Crippen LogP contribution in [-0.2, 0) is 7.05 Å². The van der Waals surface area contributed by atoms with Crippen molar-refractivity contribution in [3.8, 4) is 28.5 Å². The molecule has 0 saturated carbocycles. The Balaban J connectivity index is 2.26.